The number of pyridine rings is 1. The number of carbonyl (C=O) groups excluding carboxylic acids is 1. The van der Waals surface area contributed by atoms with Gasteiger partial charge in [-0.05, 0) is 19.1 Å². The molecule has 1 aliphatic rings. The number of Topliss-reactive ketones (excluding diaryl/α,β-unsaturated/α-hetero) is 1. The van der Waals surface area contributed by atoms with Crippen molar-refractivity contribution in [2.45, 2.75) is 19.8 Å². The molecule has 1 fully saturated rings. The molecule has 0 unspecified atom stereocenters. The number of hydrogen-bond donors (Lipinski definition) is 1. The van der Waals surface area contributed by atoms with E-state index < -0.39 is 0 Å². The number of nitrogens with zero attached hydrogens (tertiary/aromatic N) is 4. The van der Waals surface area contributed by atoms with E-state index in [0.717, 1.165) is 22.6 Å². The first-order chi connectivity index (χ1) is 10.1. The lowest BCUT2D eigenvalue weighted by atomic mass is 10.0. The number of hydrogen-bond acceptors (Lipinski definition) is 6. The lowest BCUT2D eigenvalue weighted by Gasteiger charge is -2.29. The van der Waals surface area contributed by atoms with E-state index in [1.165, 1.54) is 0 Å². The van der Waals surface area contributed by atoms with Crippen molar-refractivity contribution in [1.82, 2.24) is 15.0 Å². The molecule has 0 aliphatic carbocycles. The van der Waals surface area contributed by atoms with Gasteiger partial charge in [0.15, 0.2) is 0 Å². The molecule has 2 aromatic heterocycles. The lowest BCUT2D eigenvalue weighted by molar-refractivity contribution is -0.119. The number of rotatable bonds is 2. The predicted molar refractivity (Wildman–Crippen MR) is 80.9 cm³/mol. The third-order valence-corrected chi connectivity index (χ3v) is 3.71. The molecule has 3 rings (SSSR count). The predicted octanol–water partition coefficient (Wildman–Crippen LogP) is 1.60. The molecule has 0 spiro atoms. The van der Waals surface area contributed by atoms with Crippen LogP contribution in [0.2, 0.25) is 0 Å². The fraction of sp³-hybridized carbons (Fsp3) is 0.333. The first-order valence-corrected chi connectivity index (χ1v) is 6.95. The average Bonchev–Trinajstić information content (AvgIpc) is 2.49. The molecule has 108 valence electrons. The van der Waals surface area contributed by atoms with Crippen LogP contribution in [0.4, 0.5) is 11.6 Å². The molecular formula is C15H17N5O. The Hall–Kier alpha value is -2.50. The van der Waals surface area contributed by atoms with Crippen LogP contribution in [-0.2, 0) is 4.79 Å². The summed E-state index contributed by atoms with van der Waals surface area (Å²) in [6, 6.07) is 3.69. The van der Waals surface area contributed by atoms with Gasteiger partial charge in [-0.25, -0.2) is 15.0 Å². The lowest BCUT2D eigenvalue weighted by Crippen LogP contribution is -2.34. The minimum Gasteiger partial charge on any atom is -0.384 e. The summed E-state index contributed by atoms with van der Waals surface area (Å²) < 4.78 is 0. The molecule has 1 aliphatic heterocycles. The number of aromatic nitrogens is 3. The van der Waals surface area contributed by atoms with E-state index in [9.17, 15) is 4.79 Å². The maximum absolute atomic E-state index is 11.4. The van der Waals surface area contributed by atoms with Gasteiger partial charge < -0.3 is 10.6 Å². The van der Waals surface area contributed by atoms with Crippen molar-refractivity contribution in [1.29, 1.82) is 0 Å². The molecule has 0 amide bonds. The van der Waals surface area contributed by atoms with Crippen molar-refractivity contribution in [2.75, 3.05) is 23.7 Å². The Kier molecular flexibility index (Phi) is 3.51. The minimum absolute atomic E-state index is 0.313. The zero-order valence-electron chi connectivity index (χ0n) is 11.9. The molecule has 2 N–H and O–H groups in total. The van der Waals surface area contributed by atoms with Gasteiger partial charge in [0.05, 0.1) is 5.69 Å². The molecule has 0 bridgehead atoms. The van der Waals surface area contributed by atoms with Gasteiger partial charge in [0, 0.05) is 43.3 Å². The Balaban J connectivity index is 2.03. The van der Waals surface area contributed by atoms with Crippen molar-refractivity contribution < 1.29 is 4.79 Å². The molecule has 2 aromatic rings. The Morgan fingerprint density at radius 3 is 2.57 bits per heavy atom. The van der Waals surface area contributed by atoms with Crippen molar-refractivity contribution in [3.63, 3.8) is 0 Å². The number of aryl methyl sites for hydroxylation is 1. The Bertz CT molecular complexity index is 658. The first kappa shape index (κ1) is 13.5. The van der Waals surface area contributed by atoms with Crippen LogP contribution in [0.1, 0.15) is 18.5 Å². The van der Waals surface area contributed by atoms with Crippen LogP contribution >= 0.6 is 0 Å². The first-order valence-electron chi connectivity index (χ1n) is 6.95. The monoisotopic (exact) mass is 283 g/mol. The van der Waals surface area contributed by atoms with Crippen molar-refractivity contribution >= 4 is 17.4 Å². The molecular weight excluding hydrogens is 266 g/mol. The highest BCUT2D eigenvalue weighted by atomic mass is 16.1. The highest BCUT2D eigenvalue weighted by molar-refractivity contribution is 5.83. The van der Waals surface area contributed by atoms with Gasteiger partial charge in [-0.3, -0.25) is 4.79 Å². The fourth-order valence-electron chi connectivity index (χ4n) is 2.56. The second kappa shape index (κ2) is 5.47. The van der Waals surface area contributed by atoms with Gasteiger partial charge in [-0.1, -0.05) is 0 Å². The molecule has 0 radical (unpaired) electrons. The number of piperidine rings is 1. The van der Waals surface area contributed by atoms with E-state index in [1.807, 2.05) is 13.0 Å². The summed E-state index contributed by atoms with van der Waals surface area (Å²) in [6.45, 7) is 3.35. The van der Waals surface area contributed by atoms with Gasteiger partial charge in [-0.15, -0.1) is 0 Å². The zero-order valence-corrected chi connectivity index (χ0v) is 11.9. The SMILES string of the molecule is Cc1ncnc(N2CCC(=O)CC2)c1-c1ccc(N)nc1. The summed E-state index contributed by atoms with van der Waals surface area (Å²) in [7, 11) is 0. The normalized spacial score (nSPS) is 15.3. The van der Waals surface area contributed by atoms with Gasteiger partial charge in [0.2, 0.25) is 0 Å². The van der Waals surface area contributed by atoms with Crippen LogP contribution in [0, 0.1) is 6.92 Å². The largest absolute Gasteiger partial charge is 0.384 e. The topological polar surface area (TPSA) is 85.0 Å². The van der Waals surface area contributed by atoms with Crippen LogP contribution in [0.5, 0.6) is 0 Å². The Morgan fingerprint density at radius 1 is 1.14 bits per heavy atom. The van der Waals surface area contributed by atoms with E-state index in [2.05, 4.69) is 19.9 Å². The molecule has 6 nitrogen and oxygen atoms in total. The summed E-state index contributed by atoms with van der Waals surface area (Å²) in [4.78, 5) is 26.4. The molecule has 6 heteroatoms. The number of carbonyl (C=O) groups is 1. The van der Waals surface area contributed by atoms with Gasteiger partial charge in [-0.2, -0.15) is 0 Å². The van der Waals surface area contributed by atoms with E-state index in [-0.39, 0.29) is 0 Å². The van der Waals surface area contributed by atoms with Crippen molar-refractivity contribution in [3.05, 3.63) is 30.4 Å². The van der Waals surface area contributed by atoms with Crippen LogP contribution in [0.25, 0.3) is 11.1 Å². The summed E-state index contributed by atoms with van der Waals surface area (Å²) in [5, 5.41) is 0. The van der Waals surface area contributed by atoms with E-state index in [4.69, 9.17) is 5.73 Å². The highest BCUT2D eigenvalue weighted by Gasteiger charge is 2.22. The van der Waals surface area contributed by atoms with Crippen molar-refractivity contribution in [3.8, 4) is 11.1 Å². The standard InChI is InChI=1S/C15H17N5O/c1-10-14(11-2-3-13(16)17-8-11)15(19-9-18-10)20-6-4-12(21)5-7-20/h2-3,8-9H,4-7H2,1H3,(H2,16,17). The summed E-state index contributed by atoms with van der Waals surface area (Å²) >= 11 is 0. The van der Waals surface area contributed by atoms with E-state index >= 15 is 0 Å². The van der Waals surface area contributed by atoms with Crippen LogP contribution < -0.4 is 10.6 Å². The van der Waals surface area contributed by atoms with E-state index in [0.29, 0.717) is 37.5 Å². The van der Waals surface area contributed by atoms with Gasteiger partial charge >= 0.3 is 0 Å². The number of anilines is 2. The molecule has 3 heterocycles. The Morgan fingerprint density at radius 2 is 1.90 bits per heavy atom. The number of nitrogen functional groups attached to an aromatic ring is 1. The second-order valence-electron chi connectivity index (χ2n) is 5.16. The third kappa shape index (κ3) is 2.69. The van der Waals surface area contributed by atoms with Crippen LogP contribution in [-0.4, -0.2) is 33.8 Å². The molecule has 0 aromatic carbocycles. The van der Waals surface area contributed by atoms with Gasteiger partial charge in [0.1, 0.15) is 23.7 Å². The quantitative estimate of drug-likeness (QED) is 0.901. The van der Waals surface area contributed by atoms with Gasteiger partial charge in [0.25, 0.3) is 0 Å². The smallest absolute Gasteiger partial charge is 0.140 e. The van der Waals surface area contributed by atoms with Crippen LogP contribution in [0.15, 0.2) is 24.7 Å². The minimum atomic E-state index is 0.313. The molecule has 1 saturated heterocycles. The van der Waals surface area contributed by atoms with E-state index in [1.54, 1.807) is 18.6 Å². The molecule has 0 saturated carbocycles. The van der Waals surface area contributed by atoms with Crippen LogP contribution in [0.3, 0.4) is 0 Å². The number of ketones is 1. The van der Waals surface area contributed by atoms with Crippen molar-refractivity contribution in [2.24, 2.45) is 0 Å². The summed E-state index contributed by atoms with van der Waals surface area (Å²) in [5.41, 5.74) is 8.44. The maximum atomic E-state index is 11.4. The average molecular weight is 283 g/mol. The third-order valence-electron chi connectivity index (χ3n) is 3.71. The molecule has 21 heavy (non-hydrogen) atoms. The summed E-state index contributed by atoms with van der Waals surface area (Å²) in [6.07, 6.45) is 4.44. The second-order valence-corrected chi connectivity index (χ2v) is 5.16. The fourth-order valence-corrected chi connectivity index (χ4v) is 2.56. The maximum Gasteiger partial charge on any atom is 0.140 e. The Labute approximate surface area is 123 Å². The highest BCUT2D eigenvalue weighted by Crippen LogP contribution is 2.31. The summed E-state index contributed by atoms with van der Waals surface area (Å²) in [5.74, 6) is 1.66. The zero-order chi connectivity index (χ0) is 14.8. The molecule has 0 atom stereocenters. The number of nitrogens with two attached hydrogens (primary N) is 1.